The fraction of sp³-hybridized carbons (Fsp3) is 0.867. The van der Waals surface area contributed by atoms with Crippen molar-refractivity contribution < 1.29 is 0 Å². The maximum atomic E-state index is 2.56. The maximum absolute atomic E-state index is 2.56. The number of unbranched alkanes of at least 4 members (excludes halogenated alkanes) is 1. The average Bonchev–Trinajstić information content (AvgIpc) is 2.30. The molecule has 0 heterocycles. The fourth-order valence-electron chi connectivity index (χ4n) is 3.66. The first-order valence-corrected chi connectivity index (χ1v) is 7.08. The Balaban J connectivity index is 1.91. The molecule has 3 unspecified atom stereocenters. The lowest BCUT2D eigenvalue weighted by molar-refractivity contribution is 0.130. The SMILES string of the molecule is CCCC=CC1CCCC2CCCCC12. The van der Waals surface area contributed by atoms with E-state index in [2.05, 4.69) is 19.1 Å². The van der Waals surface area contributed by atoms with Gasteiger partial charge in [0, 0.05) is 0 Å². The summed E-state index contributed by atoms with van der Waals surface area (Å²) in [4.78, 5) is 0. The summed E-state index contributed by atoms with van der Waals surface area (Å²) < 4.78 is 0. The summed E-state index contributed by atoms with van der Waals surface area (Å²) in [5.41, 5.74) is 0. The standard InChI is InChI=1S/C15H26/c1-2-3-4-8-13-10-7-11-14-9-5-6-12-15(13)14/h4,8,13-15H,2-3,5-7,9-12H2,1H3. The van der Waals surface area contributed by atoms with Crippen molar-refractivity contribution in [2.75, 3.05) is 0 Å². The monoisotopic (exact) mass is 206 g/mol. The van der Waals surface area contributed by atoms with Gasteiger partial charge in [0.15, 0.2) is 0 Å². The van der Waals surface area contributed by atoms with Crippen LogP contribution < -0.4 is 0 Å². The number of allylic oxidation sites excluding steroid dienone is 2. The summed E-state index contributed by atoms with van der Waals surface area (Å²) in [7, 11) is 0. The summed E-state index contributed by atoms with van der Waals surface area (Å²) in [5.74, 6) is 3.08. The van der Waals surface area contributed by atoms with Gasteiger partial charge in [0.25, 0.3) is 0 Å². The molecule has 0 spiro atoms. The number of fused-ring (bicyclic) bond motifs is 1. The van der Waals surface area contributed by atoms with Gasteiger partial charge < -0.3 is 0 Å². The van der Waals surface area contributed by atoms with Crippen LogP contribution in [0.5, 0.6) is 0 Å². The van der Waals surface area contributed by atoms with Crippen LogP contribution in [0.2, 0.25) is 0 Å². The molecule has 0 aromatic rings. The lowest BCUT2D eigenvalue weighted by Gasteiger charge is -2.40. The molecule has 0 nitrogen and oxygen atoms in total. The molecule has 0 radical (unpaired) electrons. The summed E-state index contributed by atoms with van der Waals surface area (Å²) in [5, 5.41) is 0. The Hall–Kier alpha value is -0.260. The smallest absolute Gasteiger partial charge is 0.0202 e. The molecule has 0 aromatic carbocycles. The first-order chi connectivity index (χ1) is 7.42. The van der Waals surface area contributed by atoms with Crippen molar-refractivity contribution in [1.82, 2.24) is 0 Å². The van der Waals surface area contributed by atoms with Crippen LogP contribution in [0.3, 0.4) is 0 Å². The van der Waals surface area contributed by atoms with Crippen LogP contribution in [0, 0.1) is 17.8 Å². The largest absolute Gasteiger partial charge is 0.0883 e. The van der Waals surface area contributed by atoms with Crippen LogP contribution in [0.25, 0.3) is 0 Å². The van der Waals surface area contributed by atoms with Gasteiger partial charge in [0.2, 0.25) is 0 Å². The average molecular weight is 206 g/mol. The van der Waals surface area contributed by atoms with Crippen LogP contribution in [0.4, 0.5) is 0 Å². The molecule has 2 rings (SSSR count). The zero-order chi connectivity index (χ0) is 10.5. The third-order valence-electron chi connectivity index (χ3n) is 4.47. The van der Waals surface area contributed by atoms with Crippen molar-refractivity contribution >= 4 is 0 Å². The second-order valence-electron chi connectivity index (χ2n) is 5.52. The minimum absolute atomic E-state index is 0.940. The van der Waals surface area contributed by atoms with Crippen molar-refractivity contribution in [3.63, 3.8) is 0 Å². The number of hydrogen-bond donors (Lipinski definition) is 0. The molecule has 0 amide bonds. The molecular weight excluding hydrogens is 180 g/mol. The highest BCUT2D eigenvalue weighted by Crippen LogP contribution is 2.44. The molecule has 15 heavy (non-hydrogen) atoms. The van der Waals surface area contributed by atoms with Gasteiger partial charge in [0.05, 0.1) is 0 Å². The quantitative estimate of drug-likeness (QED) is 0.573. The molecule has 0 heteroatoms. The van der Waals surface area contributed by atoms with E-state index >= 15 is 0 Å². The van der Waals surface area contributed by atoms with Gasteiger partial charge in [-0.05, 0) is 37.0 Å². The first-order valence-electron chi connectivity index (χ1n) is 7.08. The third kappa shape index (κ3) is 2.86. The summed E-state index contributed by atoms with van der Waals surface area (Å²) in [6.45, 7) is 2.27. The highest BCUT2D eigenvalue weighted by Gasteiger charge is 2.33. The van der Waals surface area contributed by atoms with E-state index in [1.165, 1.54) is 57.8 Å². The third-order valence-corrected chi connectivity index (χ3v) is 4.47. The van der Waals surface area contributed by atoms with E-state index in [0.717, 1.165) is 17.8 Å². The van der Waals surface area contributed by atoms with E-state index in [1.807, 2.05) is 0 Å². The van der Waals surface area contributed by atoms with Gasteiger partial charge in [-0.2, -0.15) is 0 Å². The Labute approximate surface area is 95.1 Å². The molecule has 2 fully saturated rings. The van der Waals surface area contributed by atoms with Crippen molar-refractivity contribution in [3.05, 3.63) is 12.2 Å². The first kappa shape index (κ1) is 11.2. The lowest BCUT2D eigenvalue weighted by Crippen LogP contribution is -2.29. The Morgan fingerprint density at radius 1 is 1.00 bits per heavy atom. The van der Waals surface area contributed by atoms with E-state index in [4.69, 9.17) is 0 Å². The molecule has 0 N–H and O–H groups in total. The zero-order valence-electron chi connectivity index (χ0n) is 10.3. The zero-order valence-corrected chi connectivity index (χ0v) is 10.3. The van der Waals surface area contributed by atoms with Crippen molar-refractivity contribution in [1.29, 1.82) is 0 Å². The van der Waals surface area contributed by atoms with Crippen molar-refractivity contribution in [2.24, 2.45) is 17.8 Å². The molecule has 2 saturated carbocycles. The van der Waals surface area contributed by atoms with Gasteiger partial charge in [-0.15, -0.1) is 0 Å². The minimum atomic E-state index is 0.940. The molecule has 0 aliphatic heterocycles. The predicted molar refractivity (Wildman–Crippen MR) is 66.8 cm³/mol. The van der Waals surface area contributed by atoms with Crippen molar-refractivity contribution in [2.45, 2.75) is 64.7 Å². The van der Waals surface area contributed by atoms with E-state index in [-0.39, 0.29) is 0 Å². The fourth-order valence-corrected chi connectivity index (χ4v) is 3.66. The maximum Gasteiger partial charge on any atom is -0.0202 e. The normalized spacial score (nSPS) is 36.7. The minimum Gasteiger partial charge on any atom is -0.0883 e. The molecule has 0 aromatic heterocycles. The molecular formula is C15H26. The van der Waals surface area contributed by atoms with Gasteiger partial charge in [-0.1, -0.05) is 57.6 Å². The van der Waals surface area contributed by atoms with Crippen molar-refractivity contribution in [3.8, 4) is 0 Å². The van der Waals surface area contributed by atoms with Gasteiger partial charge >= 0.3 is 0 Å². The molecule has 2 aliphatic carbocycles. The lowest BCUT2D eigenvalue weighted by atomic mass is 9.65. The van der Waals surface area contributed by atoms with Crippen LogP contribution in [-0.4, -0.2) is 0 Å². The van der Waals surface area contributed by atoms with Gasteiger partial charge in [-0.3, -0.25) is 0 Å². The van der Waals surface area contributed by atoms with Crippen LogP contribution >= 0.6 is 0 Å². The molecule has 0 bridgehead atoms. The van der Waals surface area contributed by atoms with Crippen LogP contribution in [0.1, 0.15) is 64.7 Å². The number of rotatable bonds is 3. The second kappa shape index (κ2) is 5.72. The Kier molecular flexibility index (Phi) is 4.29. The predicted octanol–water partition coefficient (Wildman–Crippen LogP) is 4.95. The van der Waals surface area contributed by atoms with E-state index in [1.54, 1.807) is 0 Å². The van der Waals surface area contributed by atoms with E-state index < -0.39 is 0 Å². The highest BCUT2D eigenvalue weighted by atomic mass is 14.4. The highest BCUT2D eigenvalue weighted by molar-refractivity contribution is 4.96. The molecule has 86 valence electrons. The molecule has 3 atom stereocenters. The van der Waals surface area contributed by atoms with Gasteiger partial charge in [0.1, 0.15) is 0 Å². The summed E-state index contributed by atoms with van der Waals surface area (Å²) in [6.07, 6.45) is 18.1. The molecule has 2 aliphatic rings. The van der Waals surface area contributed by atoms with Crippen LogP contribution in [0.15, 0.2) is 12.2 Å². The Morgan fingerprint density at radius 3 is 2.67 bits per heavy atom. The molecule has 0 saturated heterocycles. The van der Waals surface area contributed by atoms with E-state index in [0.29, 0.717) is 0 Å². The van der Waals surface area contributed by atoms with E-state index in [9.17, 15) is 0 Å². The van der Waals surface area contributed by atoms with Crippen LogP contribution in [-0.2, 0) is 0 Å². The Bertz CT molecular complexity index is 202. The second-order valence-corrected chi connectivity index (χ2v) is 5.52. The summed E-state index contributed by atoms with van der Waals surface area (Å²) in [6, 6.07) is 0. The van der Waals surface area contributed by atoms with Gasteiger partial charge in [-0.25, -0.2) is 0 Å². The summed E-state index contributed by atoms with van der Waals surface area (Å²) >= 11 is 0. The topological polar surface area (TPSA) is 0 Å². The number of hydrogen-bond acceptors (Lipinski definition) is 0. The Morgan fingerprint density at radius 2 is 1.80 bits per heavy atom.